The summed E-state index contributed by atoms with van der Waals surface area (Å²) in [6.07, 6.45) is 0. The Labute approximate surface area is 86.0 Å². The first-order valence-electron chi connectivity index (χ1n) is 5.27. The third kappa shape index (κ3) is 2.69. The van der Waals surface area contributed by atoms with Crippen LogP contribution in [0.5, 0.6) is 0 Å². The van der Waals surface area contributed by atoms with E-state index in [4.69, 9.17) is 0 Å². The molecule has 4 heteroatoms. The summed E-state index contributed by atoms with van der Waals surface area (Å²) >= 11 is 0. The van der Waals surface area contributed by atoms with Crippen LogP contribution in [-0.4, -0.2) is 51.1 Å². The molecule has 0 saturated carbocycles. The van der Waals surface area contributed by atoms with Gasteiger partial charge in [-0.15, -0.1) is 0 Å². The molecule has 82 valence electrons. The molecule has 0 bridgehead atoms. The zero-order chi connectivity index (χ0) is 10.6. The summed E-state index contributed by atoms with van der Waals surface area (Å²) in [4.78, 5) is 13.7. The van der Waals surface area contributed by atoms with Crippen molar-refractivity contribution < 1.29 is 4.79 Å². The van der Waals surface area contributed by atoms with E-state index in [1.54, 1.807) is 0 Å². The fourth-order valence-corrected chi connectivity index (χ4v) is 1.60. The van der Waals surface area contributed by atoms with Gasteiger partial charge in [0.05, 0.1) is 0 Å². The standard InChI is InChI=1S/C10H21N3O/c1-8(9-6-12-7-9)10(14)13(3)5-4-11-2/h8-9,11-12H,4-7H2,1-3H3. The lowest BCUT2D eigenvalue weighted by molar-refractivity contribution is -0.135. The van der Waals surface area contributed by atoms with Gasteiger partial charge < -0.3 is 15.5 Å². The molecule has 1 unspecified atom stereocenters. The summed E-state index contributed by atoms with van der Waals surface area (Å²) in [6, 6.07) is 0. The minimum atomic E-state index is 0.165. The van der Waals surface area contributed by atoms with Crippen LogP contribution in [0, 0.1) is 11.8 Å². The van der Waals surface area contributed by atoms with Crippen LogP contribution in [0.25, 0.3) is 0 Å². The molecule has 0 aromatic heterocycles. The van der Waals surface area contributed by atoms with E-state index in [0.717, 1.165) is 26.2 Å². The average molecular weight is 199 g/mol. The monoisotopic (exact) mass is 199 g/mol. The number of carbonyl (C=O) groups excluding carboxylic acids is 1. The number of hydrogen-bond donors (Lipinski definition) is 2. The molecule has 1 fully saturated rings. The van der Waals surface area contributed by atoms with Crippen molar-refractivity contribution in [3.63, 3.8) is 0 Å². The maximum Gasteiger partial charge on any atom is 0.225 e. The molecule has 1 saturated heterocycles. The Hall–Kier alpha value is -0.610. The van der Waals surface area contributed by atoms with Crippen LogP contribution in [0.3, 0.4) is 0 Å². The molecule has 1 amide bonds. The van der Waals surface area contributed by atoms with Crippen LogP contribution in [0.4, 0.5) is 0 Å². The Morgan fingerprint density at radius 1 is 1.64 bits per heavy atom. The second-order valence-electron chi connectivity index (χ2n) is 4.07. The van der Waals surface area contributed by atoms with Crippen LogP contribution in [0.2, 0.25) is 0 Å². The number of carbonyl (C=O) groups is 1. The third-order valence-corrected chi connectivity index (χ3v) is 2.98. The van der Waals surface area contributed by atoms with E-state index in [2.05, 4.69) is 10.6 Å². The van der Waals surface area contributed by atoms with E-state index in [0.29, 0.717) is 5.92 Å². The van der Waals surface area contributed by atoms with E-state index in [1.165, 1.54) is 0 Å². The molecule has 0 spiro atoms. The molecule has 2 N–H and O–H groups in total. The predicted molar refractivity (Wildman–Crippen MR) is 57.1 cm³/mol. The van der Waals surface area contributed by atoms with Crippen molar-refractivity contribution in [3.05, 3.63) is 0 Å². The summed E-state index contributed by atoms with van der Waals surface area (Å²) in [5.41, 5.74) is 0. The lowest BCUT2D eigenvalue weighted by Crippen LogP contribution is -2.50. The summed E-state index contributed by atoms with van der Waals surface area (Å²) < 4.78 is 0. The van der Waals surface area contributed by atoms with Crippen molar-refractivity contribution in [1.82, 2.24) is 15.5 Å². The van der Waals surface area contributed by atoms with Crippen molar-refractivity contribution in [3.8, 4) is 0 Å². The van der Waals surface area contributed by atoms with Crippen molar-refractivity contribution in [2.75, 3.05) is 40.3 Å². The van der Waals surface area contributed by atoms with Crippen LogP contribution in [0.1, 0.15) is 6.92 Å². The molecule has 0 aromatic rings. The molecular formula is C10H21N3O. The fraction of sp³-hybridized carbons (Fsp3) is 0.900. The van der Waals surface area contributed by atoms with Gasteiger partial charge in [-0.1, -0.05) is 6.92 Å². The molecule has 1 atom stereocenters. The Balaban J connectivity index is 2.30. The van der Waals surface area contributed by atoms with Gasteiger partial charge in [-0.25, -0.2) is 0 Å². The van der Waals surface area contributed by atoms with Crippen LogP contribution < -0.4 is 10.6 Å². The highest BCUT2D eigenvalue weighted by atomic mass is 16.2. The van der Waals surface area contributed by atoms with E-state index in [9.17, 15) is 4.79 Å². The summed E-state index contributed by atoms with van der Waals surface area (Å²) in [5, 5.41) is 6.24. The van der Waals surface area contributed by atoms with Crippen molar-refractivity contribution in [2.24, 2.45) is 11.8 Å². The SMILES string of the molecule is CNCCN(C)C(=O)C(C)C1CNC1. The Kier molecular flexibility index (Phi) is 4.35. The Bertz CT molecular complexity index is 192. The Morgan fingerprint density at radius 3 is 2.71 bits per heavy atom. The second kappa shape index (κ2) is 5.32. The van der Waals surface area contributed by atoms with Gasteiger partial charge in [-0.2, -0.15) is 0 Å². The number of nitrogens with zero attached hydrogens (tertiary/aromatic N) is 1. The van der Waals surface area contributed by atoms with Gasteiger partial charge >= 0.3 is 0 Å². The highest BCUT2D eigenvalue weighted by molar-refractivity contribution is 5.78. The smallest absolute Gasteiger partial charge is 0.225 e. The first-order chi connectivity index (χ1) is 6.66. The topological polar surface area (TPSA) is 44.4 Å². The number of likely N-dealkylation sites (N-methyl/N-ethyl adjacent to an activating group) is 2. The largest absolute Gasteiger partial charge is 0.344 e. The summed E-state index contributed by atoms with van der Waals surface area (Å²) in [5.74, 6) is 0.976. The molecule has 1 aliphatic rings. The van der Waals surface area contributed by atoms with Crippen molar-refractivity contribution in [2.45, 2.75) is 6.92 Å². The molecule has 1 aliphatic heterocycles. The third-order valence-electron chi connectivity index (χ3n) is 2.98. The van der Waals surface area contributed by atoms with Gasteiger partial charge in [0, 0.05) is 26.1 Å². The Morgan fingerprint density at radius 2 is 2.29 bits per heavy atom. The molecule has 14 heavy (non-hydrogen) atoms. The number of rotatable bonds is 5. The zero-order valence-corrected chi connectivity index (χ0v) is 9.34. The first kappa shape index (κ1) is 11.5. The molecule has 0 aliphatic carbocycles. The van der Waals surface area contributed by atoms with Gasteiger partial charge in [-0.3, -0.25) is 4.79 Å². The number of amides is 1. The normalized spacial score (nSPS) is 18.8. The van der Waals surface area contributed by atoms with Gasteiger partial charge in [-0.05, 0) is 26.1 Å². The molecular weight excluding hydrogens is 178 g/mol. The van der Waals surface area contributed by atoms with Gasteiger partial charge in [0.25, 0.3) is 0 Å². The molecule has 0 radical (unpaired) electrons. The summed E-state index contributed by atoms with van der Waals surface area (Å²) in [7, 11) is 3.78. The maximum atomic E-state index is 11.9. The van der Waals surface area contributed by atoms with Crippen LogP contribution in [0.15, 0.2) is 0 Å². The minimum Gasteiger partial charge on any atom is -0.344 e. The number of hydrogen-bond acceptors (Lipinski definition) is 3. The lowest BCUT2D eigenvalue weighted by Gasteiger charge is -2.33. The zero-order valence-electron chi connectivity index (χ0n) is 9.34. The minimum absolute atomic E-state index is 0.165. The van der Waals surface area contributed by atoms with Crippen molar-refractivity contribution >= 4 is 5.91 Å². The lowest BCUT2D eigenvalue weighted by atomic mass is 9.88. The molecule has 1 rings (SSSR count). The molecule has 1 heterocycles. The predicted octanol–water partition coefficient (Wildman–Crippen LogP) is -0.480. The van der Waals surface area contributed by atoms with E-state index >= 15 is 0 Å². The molecule has 4 nitrogen and oxygen atoms in total. The van der Waals surface area contributed by atoms with Gasteiger partial charge in [0.1, 0.15) is 0 Å². The second-order valence-corrected chi connectivity index (χ2v) is 4.07. The van der Waals surface area contributed by atoms with Gasteiger partial charge in [0.2, 0.25) is 5.91 Å². The van der Waals surface area contributed by atoms with Crippen LogP contribution in [-0.2, 0) is 4.79 Å². The summed E-state index contributed by atoms with van der Waals surface area (Å²) in [6.45, 7) is 5.67. The number of nitrogens with one attached hydrogen (secondary N) is 2. The first-order valence-corrected chi connectivity index (χ1v) is 5.27. The highest BCUT2D eigenvalue weighted by Crippen LogP contribution is 2.17. The highest BCUT2D eigenvalue weighted by Gasteiger charge is 2.30. The van der Waals surface area contributed by atoms with E-state index < -0.39 is 0 Å². The average Bonchev–Trinajstić information content (AvgIpc) is 2.10. The van der Waals surface area contributed by atoms with Crippen LogP contribution >= 0.6 is 0 Å². The molecule has 0 aromatic carbocycles. The van der Waals surface area contributed by atoms with E-state index in [-0.39, 0.29) is 11.8 Å². The van der Waals surface area contributed by atoms with Gasteiger partial charge in [0.15, 0.2) is 0 Å². The van der Waals surface area contributed by atoms with E-state index in [1.807, 2.05) is 25.9 Å². The van der Waals surface area contributed by atoms with Crippen molar-refractivity contribution in [1.29, 1.82) is 0 Å². The maximum absolute atomic E-state index is 11.9. The fourth-order valence-electron chi connectivity index (χ4n) is 1.60. The quantitative estimate of drug-likeness (QED) is 0.628.